The Bertz CT molecular complexity index is 564. The zero-order chi connectivity index (χ0) is 15.2. The fourth-order valence-electron chi connectivity index (χ4n) is 2.79. The van der Waals surface area contributed by atoms with Crippen molar-refractivity contribution in [2.75, 3.05) is 26.2 Å². The number of hydrogen-bond acceptors (Lipinski definition) is 5. The number of pyridine rings is 1. The summed E-state index contributed by atoms with van der Waals surface area (Å²) in [5, 5.41) is 8.28. The molecule has 1 saturated heterocycles. The van der Waals surface area contributed by atoms with Crippen LogP contribution < -0.4 is 4.74 Å². The van der Waals surface area contributed by atoms with Crippen LogP contribution in [0.2, 0.25) is 0 Å². The highest BCUT2D eigenvalue weighted by Gasteiger charge is 2.19. The van der Waals surface area contributed by atoms with E-state index in [9.17, 15) is 0 Å². The molecule has 0 aliphatic carbocycles. The van der Waals surface area contributed by atoms with E-state index in [1.165, 1.54) is 12.8 Å². The van der Waals surface area contributed by atoms with Gasteiger partial charge in [0.2, 0.25) is 0 Å². The van der Waals surface area contributed by atoms with E-state index in [2.05, 4.69) is 20.1 Å². The molecule has 3 rings (SSSR count). The smallest absolute Gasteiger partial charge is 0.122 e. The molecule has 118 valence electrons. The number of hydrogen-bond donors (Lipinski definition) is 0. The monoisotopic (exact) mass is 301 g/mol. The van der Waals surface area contributed by atoms with Crippen molar-refractivity contribution < 1.29 is 4.74 Å². The summed E-state index contributed by atoms with van der Waals surface area (Å²) in [6.07, 6.45) is 7.64. The molecule has 2 aromatic heterocycles. The topological polar surface area (TPSA) is 56.1 Å². The molecule has 0 N–H and O–H groups in total. The Hall–Kier alpha value is -1.95. The van der Waals surface area contributed by atoms with Gasteiger partial charge in [-0.2, -0.15) is 15.0 Å². The molecule has 0 atom stereocenters. The van der Waals surface area contributed by atoms with Crippen molar-refractivity contribution >= 4 is 0 Å². The van der Waals surface area contributed by atoms with E-state index in [1.54, 1.807) is 23.4 Å². The number of piperidine rings is 1. The zero-order valence-corrected chi connectivity index (χ0v) is 13.1. The van der Waals surface area contributed by atoms with Crippen molar-refractivity contribution in [1.82, 2.24) is 24.9 Å². The molecule has 0 aromatic carbocycles. The van der Waals surface area contributed by atoms with Crippen LogP contribution in [0.25, 0.3) is 0 Å². The molecular formula is C16H23N5O. The van der Waals surface area contributed by atoms with Crippen molar-refractivity contribution in [3.8, 4) is 5.75 Å². The lowest BCUT2D eigenvalue weighted by molar-refractivity contribution is 0.136. The fraction of sp³-hybridized carbons (Fsp3) is 0.562. The van der Waals surface area contributed by atoms with Gasteiger partial charge in [-0.1, -0.05) is 0 Å². The molecule has 0 unspecified atom stereocenters. The van der Waals surface area contributed by atoms with Gasteiger partial charge in [0.1, 0.15) is 5.75 Å². The predicted octanol–water partition coefficient (Wildman–Crippen LogP) is 1.77. The van der Waals surface area contributed by atoms with E-state index >= 15 is 0 Å². The van der Waals surface area contributed by atoms with Crippen LogP contribution in [0.1, 0.15) is 18.5 Å². The van der Waals surface area contributed by atoms with Gasteiger partial charge in [0.25, 0.3) is 0 Å². The van der Waals surface area contributed by atoms with Crippen LogP contribution in [0.4, 0.5) is 0 Å². The fourth-order valence-corrected chi connectivity index (χ4v) is 2.79. The number of likely N-dealkylation sites (tertiary alicyclic amines) is 1. The summed E-state index contributed by atoms with van der Waals surface area (Å²) in [6.45, 7) is 6.93. The minimum Gasteiger partial charge on any atom is -0.493 e. The van der Waals surface area contributed by atoms with E-state index in [-0.39, 0.29) is 0 Å². The second kappa shape index (κ2) is 7.35. The maximum atomic E-state index is 5.90. The first kappa shape index (κ1) is 15.0. The van der Waals surface area contributed by atoms with Crippen molar-refractivity contribution in [2.45, 2.75) is 26.3 Å². The van der Waals surface area contributed by atoms with Gasteiger partial charge in [0.05, 0.1) is 25.5 Å². The largest absolute Gasteiger partial charge is 0.493 e. The van der Waals surface area contributed by atoms with Crippen LogP contribution in [-0.4, -0.2) is 51.1 Å². The molecule has 6 heteroatoms. The Kier molecular flexibility index (Phi) is 5.00. The zero-order valence-electron chi connectivity index (χ0n) is 13.1. The van der Waals surface area contributed by atoms with Crippen molar-refractivity contribution in [2.24, 2.45) is 5.92 Å². The Balaban J connectivity index is 1.36. The second-order valence-corrected chi connectivity index (χ2v) is 5.85. The standard InChI is InChI=1S/C16H23N5O/c1-14-12-16(2-5-17-14)22-13-15-3-8-20(9-4-15)10-11-21-18-6-7-19-21/h2,5-7,12,15H,3-4,8-11,13H2,1H3. The SMILES string of the molecule is Cc1cc(OCC2CCN(CCn3nccn3)CC2)ccn1. The third-order valence-electron chi connectivity index (χ3n) is 4.14. The molecule has 1 aliphatic heterocycles. The van der Waals surface area contributed by atoms with Crippen LogP contribution >= 0.6 is 0 Å². The number of rotatable bonds is 6. The lowest BCUT2D eigenvalue weighted by Gasteiger charge is -2.31. The summed E-state index contributed by atoms with van der Waals surface area (Å²) in [5.41, 5.74) is 1.000. The first-order valence-electron chi connectivity index (χ1n) is 7.91. The van der Waals surface area contributed by atoms with Crippen LogP contribution in [0.3, 0.4) is 0 Å². The number of aromatic nitrogens is 4. The number of aryl methyl sites for hydroxylation is 1. The van der Waals surface area contributed by atoms with Crippen LogP contribution in [0, 0.1) is 12.8 Å². The average Bonchev–Trinajstić information content (AvgIpc) is 3.05. The summed E-state index contributed by atoms with van der Waals surface area (Å²) in [6, 6.07) is 3.92. The summed E-state index contributed by atoms with van der Waals surface area (Å²) in [4.78, 5) is 8.42. The van der Waals surface area contributed by atoms with Gasteiger partial charge >= 0.3 is 0 Å². The van der Waals surface area contributed by atoms with Gasteiger partial charge in [0.15, 0.2) is 0 Å². The van der Waals surface area contributed by atoms with Crippen molar-refractivity contribution in [3.05, 3.63) is 36.4 Å². The second-order valence-electron chi connectivity index (χ2n) is 5.85. The van der Waals surface area contributed by atoms with Crippen molar-refractivity contribution in [3.63, 3.8) is 0 Å². The first-order valence-corrected chi connectivity index (χ1v) is 7.91. The van der Waals surface area contributed by atoms with E-state index in [0.29, 0.717) is 5.92 Å². The number of ether oxygens (including phenoxy) is 1. The van der Waals surface area contributed by atoms with Gasteiger partial charge in [-0.05, 0) is 44.8 Å². The van der Waals surface area contributed by atoms with E-state index in [1.807, 2.05) is 19.1 Å². The maximum Gasteiger partial charge on any atom is 0.122 e. The number of nitrogens with zero attached hydrogens (tertiary/aromatic N) is 5. The average molecular weight is 301 g/mol. The minimum absolute atomic E-state index is 0.646. The summed E-state index contributed by atoms with van der Waals surface area (Å²) in [7, 11) is 0. The normalized spacial score (nSPS) is 16.8. The molecular weight excluding hydrogens is 278 g/mol. The molecule has 1 aliphatic rings. The van der Waals surface area contributed by atoms with Crippen LogP contribution in [0.5, 0.6) is 5.75 Å². The molecule has 0 radical (unpaired) electrons. The third-order valence-corrected chi connectivity index (χ3v) is 4.14. The summed E-state index contributed by atoms with van der Waals surface area (Å²) < 4.78 is 5.90. The van der Waals surface area contributed by atoms with E-state index in [0.717, 1.165) is 44.2 Å². The summed E-state index contributed by atoms with van der Waals surface area (Å²) >= 11 is 0. The molecule has 2 aromatic rings. The lowest BCUT2D eigenvalue weighted by atomic mass is 9.98. The molecule has 0 spiro atoms. The lowest BCUT2D eigenvalue weighted by Crippen LogP contribution is -2.37. The van der Waals surface area contributed by atoms with Gasteiger partial charge in [0, 0.05) is 24.5 Å². The predicted molar refractivity (Wildman–Crippen MR) is 83.7 cm³/mol. The maximum absolute atomic E-state index is 5.90. The Morgan fingerprint density at radius 2 is 1.91 bits per heavy atom. The highest BCUT2D eigenvalue weighted by atomic mass is 16.5. The van der Waals surface area contributed by atoms with Gasteiger partial charge in [-0.15, -0.1) is 0 Å². The van der Waals surface area contributed by atoms with Gasteiger partial charge in [-0.25, -0.2) is 0 Å². The van der Waals surface area contributed by atoms with Gasteiger partial charge in [-0.3, -0.25) is 4.98 Å². The van der Waals surface area contributed by atoms with E-state index in [4.69, 9.17) is 4.74 Å². The van der Waals surface area contributed by atoms with Gasteiger partial charge < -0.3 is 9.64 Å². The van der Waals surface area contributed by atoms with Crippen LogP contribution in [-0.2, 0) is 6.54 Å². The molecule has 0 saturated carbocycles. The molecule has 3 heterocycles. The Morgan fingerprint density at radius 1 is 1.14 bits per heavy atom. The highest BCUT2D eigenvalue weighted by molar-refractivity contribution is 5.21. The molecule has 6 nitrogen and oxygen atoms in total. The Labute approximate surface area is 131 Å². The molecule has 0 bridgehead atoms. The van der Waals surface area contributed by atoms with Crippen LogP contribution in [0.15, 0.2) is 30.7 Å². The minimum atomic E-state index is 0.646. The Morgan fingerprint density at radius 3 is 2.64 bits per heavy atom. The molecule has 22 heavy (non-hydrogen) atoms. The van der Waals surface area contributed by atoms with Crippen molar-refractivity contribution in [1.29, 1.82) is 0 Å². The first-order chi connectivity index (χ1) is 10.8. The third kappa shape index (κ3) is 4.27. The summed E-state index contributed by atoms with van der Waals surface area (Å²) in [5.74, 6) is 1.58. The quantitative estimate of drug-likeness (QED) is 0.814. The highest BCUT2D eigenvalue weighted by Crippen LogP contribution is 2.19. The van der Waals surface area contributed by atoms with E-state index < -0.39 is 0 Å². The molecule has 1 fully saturated rings. The molecule has 0 amide bonds.